The second-order valence-corrected chi connectivity index (χ2v) is 12.5. The molecular formula is C34H32N4O5S2. The fraction of sp³-hybridized carbons (Fsp3) is 0.235. The van der Waals surface area contributed by atoms with Crippen molar-refractivity contribution >= 4 is 62.8 Å². The topological polar surface area (TPSA) is 118 Å². The average molecular weight is 641 g/mol. The van der Waals surface area contributed by atoms with E-state index in [4.69, 9.17) is 32.5 Å². The van der Waals surface area contributed by atoms with Crippen LogP contribution in [0, 0.1) is 0 Å². The van der Waals surface area contributed by atoms with Crippen molar-refractivity contribution in [2.45, 2.75) is 6.42 Å². The van der Waals surface area contributed by atoms with Crippen LogP contribution in [-0.2, 0) is 16.0 Å². The Balaban J connectivity index is 1.23. The van der Waals surface area contributed by atoms with E-state index in [0.29, 0.717) is 34.5 Å². The molecule has 11 heteroatoms. The van der Waals surface area contributed by atoms with Crippen molar-refractivity contribution in [1.29, 1.82) is 0 Å². The van der Waals surface area contributed by atoms with Crippen LogP contribution in [-0.4, -0.2) is 82.1 Å². The number of ether oxygens (including phenoxy) is 2. The van der Waals surface area contributed by atoms with E-state index < -0.39 is 5.97 Å². The summed E-state index contributed by atoms with van der Waals surface area (Å²) in [5.74, 6) is -0.381. The largest absolute Gasteiger partial charge is 0.492 e. The highest BCUT2D eigenvalue weighted by Crippen LogP contribution is 2.37. The lowest BCUT2D eigenvalue weighted by molar-refractivity contribution is -0.122. The fourth-order valence-corrected chi connectivity index (χ4v) is 6.64. The maximum atomic E-state index is 13.4. The number of fused-ring (bicyclic) bond motifs is 1. The Morgan fingerprint density at radius 1 is 1.07 bits per heavy atom. The number of nitrogens with two attached hydrogens (primary N) is 1. The number of benzene rings is 3. The second kappa shape index (κ2) is 13.8. The number of pyridine rings is 1. The molecule has 9 nitrogen and oxygen atoms in total. The number of amides is 1. The summed E-state index contributed by atoms with van der Waals surface area (Å²) in [6.45, 7) is 4.98. The van der Waals surface area contributed by atoms with Gasteiger partial charge >= 0.3 is 5.97 Å². The molecular weight excluding hydrogens is 609 g/mol. The molecule has 0 aliphatic carbocycles. The van der Waals surface area contributed by atoms with Crippen molar-refractivity contribution in [2.75, 3.05) is 51.7 Å². The minimum absolute atomic E-state index is 0.149. The first-order valence-electron chi connectivity index (χ1n) is 14.6. The first kappa shape index (κ1) is 30.7. The third-order valence-corrected chi connectivity index (χ3v) is 9.23. The average Bonchev–Trinajstić information content (AvgIpc) is 3.32. The molecule has 0 atom stereocenters. The number of carbonyl (C=O) groups excluding carboxylic acids is 1. The van der Waals surface area contributed by atoms with Crippen LogP contribution in [0.15, 0.2) is 77.8 Å². The smallest absolute Gasteiger partial charge is 0.335 e. The Bertz CT molecular complexity index is 1790. The van der Waals surface area contributed by atoms with Crippen LogP contribution in [0.3, 0.4) is 0 Å². The van der Waals surface area contributed by atoms with Crippen molar-refractivity contribution in [3.63, 3.8) is 0 Å². The zero-order valence-corrected chi connectivity index (χ0v) is 26.1. The molecule has 1 aromatic heterocycles. The van der Waals surface area contributed by atoms with Gasteiger partial charge in [-0.05, 0) is 71.7 Å². The van der Waals surface area contributed by atoms with Gasteiger partial charge in [-0.15, -0.1) is 0 Å². The highest BCUT2D eigenvalue weighted by Gasteiger charge is 2.31. The summed E-state index contributed by atoms with van der Waals surface area (Å²) in [4.78, 5) is 33.4. The molecule has 0 saturated carbocycles. The summed E-state index contributed by atoms with van der Waals surface area (Å²) in [5, 5.41) is 10.00. The lowest BCUT2D eigenvalue weighted by atomic mass is 9.99. The number of thioether (sulfide) groups is 1. The highest BCUT2D eigenvalue weighted by molar-refractivity contribution is 8.26. The first-order chi connectivity index (χ1) is 21.9. The van der Waals surface area contributed by atoms with Gasteiger partial charge in [0.05, 0.1) is 29.2 Å². The van der Waals surface area contributed by atoms with Crippen LogP contribution in [0.25, 0.3) is 28.1 Å². The Kier molecular flexibility index (Phi) is 9.41. The van der Waals surface area contributed by atoms with E-state index in [9.17, 15) is 9.59 Å². The summed E-state index contributed by atoms with van der Waals surface area (Å²) in [7, 11) is 0. The molecule has 3 N–H and O–H groups in total. The van der Waals surface area contributed by atoms with Gasteiger partial charge in [0.25, 0.3) is 5.91 Å². The van der Waals surface area contributed by atoms with Gasteiger partial charge in [-0.1, -0.05) is 48.2 Å². The second-order valence-electron chi connectivity index (χ2n) is 10.8. The molecule has 2 aliphatic rings. The molecule has 2 fully saturated rings. The number of carbonyl (C=O) groups is 2. The predicted octanol–water partition coefficient (Wildman–Crippen LogP) is 5.34. The number of hydrogen-bond acceptors (Lipinski definition) is 9. The summed E-state index contributed by atoms with van der Waals surface area (Å²) >= 11 is 6.84. The molecule has 0 bridgehead atoms. The number of nitrogens with zero attached hydrogens (tertiary/aromatic N) is 3. The molecule has 0 radical (unpaired) electrons. The Labute approximate surface area is 270 Å². The van der Waals surface area contributed by atoms with Gasteiger partial charge in [0.2, 0.25) is 0 Å². The third kappa shape index (κ3) is 7.18. The zero-order chi connectivity index (χ0) is 31.3. The van der Waals surface area contributed by atoms with Gasteiger partial charge in [-0.25, -0.2) is 4.79 Å². The summed E-state index contributed by atoms with van der Waals surface area (Å²) < 4.78 is 12.3. The van der Waals surface area contributed by atoms with E-state index in [1.165, 1.54) is 11.8 Å². The third-order valence-electron chi connectivity index (χ3n) is 7.86. The van der Waals surface area contributed by atoms with Crippen molar-refractivity contribution in [3.05, 3.63) is 94.5 Å². The fourth-order valence-electron chi connectivity index (χ4n) is 5.33. The highest BCUT2D eigenvalue weighted by atomic mass is 32.2. The summed E-state index contributed by atoms with van der Waals surface area (Å²) in [6, 6.07) is 20.3. The lowest BCUT2D eigenvalue weighted by Gasteiger charge is -2.26. The van der Waals surface area contributed by atoms with E-state index in [0.717, 1.165) is 71.8 Å². The molecule has 45 heavy (non-hydrogen) atoms. The number of morpholine rings is 1. The van der Waals surface area contributed by atoms with Crippen molar-refractivity contribution < 1.29 is 24.2 Å². The van der Waals surface area contributed by atoms with Crippen LogP contribution in [0.1, 0.15) is 21.5 Å². The molecule has 3 heterocycles. The van der Waals surface area contributed by atoms with E-state index in [1.54, 1.807) is 41.4 Å². The van der Waals surface area contributed by atoms with Crippen LogP contribution in [0.4, 0.5) is 5.69 Å². The maximum absolute atomic E-state index is 13.4. The number of carboxylic acids is 1. The summed E-state index contributed by atoms with van der Waals surface area (Å²) in [5.41, 5.74) is 11.6. The molecule has 3 aromatic carbocycles. The Hall–Kier alpha value is -4.29. The monoisotopic (exact) mass is 640 g/mol. The molecule has 230 valence electrons. The normalized spacial score (nSPS) is 16.5. The number of hydrogen-bond donors (Lipinski definition) is 2. The predicted molar refractivity (Wildman–Crippen MR) is 181 cm³/mol. The Morgan fingerprint density at radius 3 is 2.64 bits per heavy atom. The van der Waals surface area contributed by atoms with Crippen molar-refractivity contribution in [2.24, 2.45) is 0 Å². The number of thiocarbonyl (C=S) groups is 1. The maximum Gasteiger partial charge on any atom is 0.335 e. The first-order valence-corrected chi connectivity index (χ1v) is 15.9. The quantitative estimate of drug-likeness (QED) is 0.174. The van der Waals surface area contributed by atoms with Gasteiger partial charge in [0.1, 0.15) is 16.7 Å². The van der Waals surface area contributed by atoms with Gasteiger partial charge < -0.3 is 20.3 Å². The number of anilines is 1. The molecule has 2 saturated heterocycles. The van der Waals surface area contributed by atoms with E-state index >= 15 is 0 Å². The van der Waals surface area contributed by atoms with E-state index in [1.807, 2.05) is 42.5 Å². The molecule has 1 amide bonds. The van der Waals surface area contributed by atoms with E-state index in [-0.39, 0.29) is 11.5 Å². The Morgan fingerprint density at radius 2 is 1.87 bits per heavy atom. The molecule has 0 unspecified atom stereocenters. The van der Waals surface area contributed by atoms with Crippen LogP contribution >= 0.6 is 24.0 Å². The van der Waals surface area contributed by atoms with Crippen molar-refractivity contribution in [1.82, 2.24) is 14.8 Å². The van der Waals surface area contributed by atoms with Gasteiger partial charge in [-0.2, -0.15) is 0 Å². The van der Waals surface area contributed by atoms with Crippen LogP contribution in [0.2, 0.25) is 0 Å². The van der Waals surface area contributed by atoms with Crippen LogP contribution in [0.5, 0.6) is 5.75 Å². The summed E-state index contributed by atoms with van der Waals surface area (Å²) in [6.07, 6.45) is 4.11. The molecule has 2 aliphatic heterocycles. The molecule has 4 aromatic rings. The van der Waals surface area contributed by atoms with Crippen molar-refractivity contribution in [3.8, 4) is 16.9 Å². The lowest BCUT2D eigenvalue weighted by Crippen LogP contribution is -2.38. The zero-order valence-electron chi connectivity index (χ0n) is 24.5. The number of rotatable bonds is 10. The number of carboxylic acid groups (broad SMARTS) is 1. The number of aromatic carboxylic acids is 1. The minimum Gasteiger partial charge on any atom is -0.492 e. The molecule has 6 rings (SSSR count). The number of aromatic nitrogens is 1. The van der Waals surface area contributed by atoms with Gasteiger partial charge in [-0.3, -0.25) is 19.6 Å². The standard InChI is InChI=1S/C34H32N4O5S2/c35-28-9-11-36-29-7-6-25(21-27(28)29)26-19-23(3-8-30(26)43-18-15-37-13-16-42-17-14-37)20-31-32(39)38(34(44)45-31)12-10-22-1-4-24(5-2-22)33(40)41/h1-9,11,19-21H,10,12-18H2,(H2,35,36)(H,40,41)/b31-20-. The van der Waals surface area contributed by atoms with Crippen LogP contribution < -0.4 is 10.5 Å². The minimum atomic E-state index is -0.971. The molecule has 0 spiro atoms. The van der Waals surface area contributed by atoms with Gasteiger partial charge in [0, 0.05) is 49.0 Å². The van der Waals surface area contributed by atoms with E-state index in [2.05, 4.69) is 9.88 Å². The SMILES string of the molecule is Nc1ccnc2ccc(-c3cc(/C=C4\SC(=S)N(CCc5ccc(C(=O)O)cc5)C4=O)ccc3OCCN3CCOCC3)cc12. The number of nitrogen functional groups attached to an aromatic ring is 1. The van der Waals surface area contributed by atoms with Gasteiger partial charge in [0.15, 0.2) is 0 Å².